The first-order valence-electron chi connectivity index (χ1n) is 5.07. The van der Waals surface area contributed by atoms with Crippen molar-refractivity contribution in [2.45, 2.75) is 0 Å². The van der Waals surface area contributed by atoms with Crippen LogP contribution in [-0.4, -0.2) is 32.8 Å². The smallest absolute Gasteiger partial charge is 0.277 e. The zero-order valence-electron chi connectivity index (χ0n) is 9.91. The van der Waals surface area contributed by atoms with Crippen LogP contribution < -0.4 is 15.8 Å². The molecular formula is C10H12N6O2. The Balaban J connectivity index is 2.16. The van der Waals surface area contributed by atoms with Crippen molar-refractivity contribution in [1.82, 2.24) is 19.7 Å². The number of carbonyl (C=O) groups is 1. The highest BCUT2D eigenvalue weighted by atomic mass is 16.5. The van der Waals surface area contributed by atoms with Crippen LogP contribution >= 0.6 is 0 Å². The molecule has 0 aliphatic heterocycles. The number of nitrogens with zero attached hydrogens (tertiary/aromatic N) is 4. The molecular weight excluding hydrogens is 236 g/mol. The van der Waals surface area contributed by atoms with E-state index in [1.54, 1.807) is 13.1 Å². The van der Waals surface area contributed by atoms with E-state index < -0.39 is 5.91 Å². The van der Waals surface area contributed by atoms with Crippen LogP contribution in [0.3, 0.4) is 0 Å². The average Bonchev–Trinajstić information content (AvgIpc) is 2.69. The maximum atomic E-state index is 11.8. The van der Waals surface area contributed by atoms with E-state index in [1.165, 1.54) is 24.2 Å². The molecule has 0 atom stereocenters. The van der Waals surface area contributed by atoms with Crippen molar-refractivity contribution in [2.24, 2.45) is 7.05 Å². The molecule has 8 heteroatoms. The third-order valence-corrected chi connectivity index (χ3v) is 2.17. The zero-order chi connectivity index (χ0) is 13.1. The number of aromatic nitrogens is 4. The molecule has 2 heterocycles. The Morgan fingerprint density at radius 1 is 1.50 bits per heavy atom. The minimum absolute atomic E-state index is 0.125. The Kier molecular flexibility index (Phi) is 3.09. The van der Waals surface area contributed by atoms with Crippen molar-refractivity contribution in [3.8, 4) is 5.88 Å². The number of methoxy groups -OCH3 is 1. The fraction of sp³-hybridized carbons (Fsp3) is 0.200. The summed E-state index contributed by atoms with van der Waals surface area (Å²) in [5, 5.41) is 6.62. The van der Waals surface area contributed by atoms with Gasteiger partial charge >= 0.3 is 0 Å². The Morgan fingerprint density at radius 3 is 2.89 bits per heavy atom. The molecule has 3 N–H and O–H groups in total. The molecule has 2 aromatic rings. The molecule has 0 radical (unpaired) electrons. The van der Waals surface area contributed by atoms with Crippen molar-refractivity contribution < 1.29 is 9.53 Å². The maximum absolute atomic E-state index is 11.8. The number of ether oxygens (including phenoxy) is 1. The van der Waals surface area contributed by atoms with E-state index in [9.17, 15) is 4.79 Å². The first-order chi connectivity index (χ1) is 8.60. The lowest BCUT2D eigenvalue weighted by molar-refractivity contribution is 0.102. The summed E-state index contributed by atoms with van der Waals surface area (Å²) in [4.78, 5) is 19.5. The molecule has 0 saturated carbocycles. The zero-order valence-corrected chi connectivity index (χ0v) is 9.91. The summed E-state index contributed by atoms with van der Waals surface area (Å²) >= 11 is 0. The molecule has 0 fully saturated rings. The molecule has 0 aliphatic carbocycles. The number of carbonyl (C=O) groups excluding carboxylic acids is 1. The minimum Gasteiger partial charge on any atom is -0.481 e. The Labute approximate surface area is 103 Å². The second-order valence-electron chi connectivity index (χ2n) is 3.48. The Morgan fingerprint density at radius 2 is 2.28 bits per heavy atom. The van der Waals surface area contributed by atoms with Gasteiger partial charge in [0.05, 0.1) is 19.5 Å². The lowest BCUT2D eigenvalue weighted by Gasteiger charge is -2.00. The van der Waals surface area contributed by atoms with E-state index in [1.807, 2.05) is 0 Å². The van der Waals surface area contributed by atoms with Gasteiger partial charge in [0.1, 0.15) is 11.5 Å². The predicted molar refractivity (Wildman–Crippen MR) is 64.2 cm³/mol. The number of anilines is 2. The van der Waals surface area contributed by atoms with Gasteiger partial charge in [-0.3, -0.25) is 9.78 Å². The molecule has 0 aromatic carbocycles. The van der Waals surface area contributed by atoms with E-state index >= 15 is 0 Å². The summed E-state index contributed by atoms with van der Waals surface area (Å²) in [5.74, 6) is 0.643. The number of nitrogen functional groups attached to an aromatic ring is 1. The number of amides is 1. The number of rotatable bonds is 3. The van der Waals surface area contributed by atoms with Gasteiger partial charge in [-0.2, -0.15) is 5.10 Å². The van der Waals surface area contributed by atoms with E-state index in [4.69, 9.17) is 10.5 Å². The number of nitrogens with two attached hydrogens (primary N) is 1. The Bertz CT molecular complexity index is 579. The van der Waals surface area contributed by atoms with Gasteiger partial charge in [0.15, 0.2) is 5.82 Å². The summed E-state index contributed by atoms with van der Waals surface area (Å²) in [6.45, 7) is 0. The van der Waals surface area contributed by atoms with E-state index in [0.717, 1.165) is 0 Å². The molecule has 94 valence electrons. The van der Waals surface area contributed by atoms with Gasteiger partial charge in [0.2, 0.25) is 5.88 Å². The lowest BCUT2D eigenvalue weighted by atomic mass is 10.4. The molecule has 0 unspecified atom stereocenters. The Hall–Kier alpha value is -2.64. The molecule has 2 rings (SSSR count). The number of hydrogen-bond acceptors (Lipinski definition) is 6. The molecule has 2 aromatic heterocycles. The number of nitrogens with one attached hydrogen (secondary N) is 1. The normalized spacial score (nSPS) is 10.1. The van der Waals surface area contributed by atoms with Gasteiger partial charge in [-0.15, -0.1) is 0 Å². The first-order valence-corrected chi connectivity index (χ1v) is 5.07. The van der Waals surface area contributed by atoms with Crippen molar-refractivity contribution in [1.29, 1.82) is 0 Å². The van der Waals surface area contributed by atoms with Gasteiger partial charge in [-0.25, -0.2) is 9.67 Å². The average molecular weight is 248 g/mol. The molecule has 1 amide bonds. The van der Waals surface area contributed by atoms with E-state index in [0.29, 0.717) is 11.7 Å². The van der Waals surface area contributed by atoms with Gasteiger partial charge < -0.3 is 15.8 Å². The standard InChI is InChI=1S/C10H12N6O2/c1-16-9(18-2)3-8(15-16)14-10(17)6-4-12-5-7(11)13-6/h3-5H,1-2H3,(H2,11,13)(H,14,15,17). The molecule has 8 nitrogen and oxygen atoms in total. The van der Waals surface area contributed by atoms with Gasteiger partial charge in [0.25, 0.3) is 5.91 Å². The highest BCUT2D eigenvalue weighted by Gasteiger charge is 2.12. The second-order valence-corrected chi connectivity index (χ2v) is 3.48. The van der Waals surface area contributed by atoms with Crippen LogP contribution in [0.1, 0.15) is 10.5 Å². The van der Waals surface area contributed by atoms with E-state index in [-0.39, 0.29) is 11.5 Å². The van der Waals surface area contributed by atoms with Crippen molar-refractivity contribution in [3.05, 3.63) is 24.2 Å². The van der Waals surface area contributed by atoms with Crippen LogP contribution in [0.2, 0.25) is 0 Å². The summed E-state index contributed by atoms with van der Waals surface area (Å²) in [6, 6.07) is 1.59. The lowest BCUT2D eigenvalue weighted by Crippen LogP contribution is -2.15. The third kappa shape index (κ3) is 2.37. The quantitative estimate of drug-likeness (QED) is 0.794. The van der Waals surface area contributed by atoms with Crippen LogP contribution in [0, 0.1) is 0 Å². The van der Waals surface area contributed by atoms with Gasteiger partial charge in [-0.05, 0) is 0 Å². The van der Waals surface area contributed by atoms with Gasteiger partial charge in [-0.1, -0.05) is 0 Å². The third-order valence-electron chi connectivity index (χ3n) is 2.17. The summed E-state index contributed by atoms with van der Waals surface area (Å²) in [7, 11) is 3.22. The molecule has 0 aliphatic rings. The van der Waals surface area contributed by atoms with Crippen molar-refractivity contribution in [2.75, 3.05) is 18.2 Å². The molecule has 18 heavy (non-hydrogen) atoms. The van der Waals surface area contributed by atoms with Gasteiger partial charge in [0, 0.05) is 13.1 Å². The summed E-state index contributed by atoms with van der Waals surface area (Å²) in [6.07, 6.45) is 2.69. The first kappa shape index (κ1) is 11.8. The fourth-order valence-corrected chi connectivity index (χ4v) is 1.37. The maximum Gasteiger partial charge on any atom is 0.277 e. The number of aryl methyl sites for hydroxylation is 1. The highest BCUT2D eigenvalue weighted by molar-refractivity contribution is 6.02. The van der Waals surface area contributed by atoms with Crippen LogP contribution in [0.4, 0.5) is 11.6 Å². The minimum atomic E-state index is -0.435. The predicted octanol–water partition coefficient (Wildman–Crippen LogP) is 0.0532. The molecule has 0 bridgehead atoms. The molecule has 0 spiro atoms. The van der Waals surface area contributed by atoms with Crippen molar-refractivity contribution >= 4 is 17.5 Å². The second kappa shape index (κ2) is 4.70. The van der Waals surface area contributed by atoms with Crippen LogP contribution in [0.15, 0.2) is 18.5 Å². The monoisotopic (exact) mass is 248 g/mol. The topological polar surface area (TPSA) is 108 Å². The largest absolute Gasteiger partial charge is 0.481 e. The van der Waals surface area contributed by atoms with Crippen LogP contribution in [-0.2, 0) is 7.05 Å². The van der Waals surface area contributed by atoms with Crippen LogP contribution in [0.5, 0.6) is 5.88 Å². The molecule has 0 saturated heterocycles. The van der Waals surface area contributed by atoms with E-state index in [2.05, 4.69) is 20.4 Å². The SMILES string of the molecule is COc1cc(NC(=O)c2cncc(N)n2)nn1C. The highest BCUT2D eigenvalue weighted by Crippen LogP contribution is 2.15. The summed E-state index contributed by atoms with van der Waals surface area (Å²) < 4.78 is 6.53. The fourth-order valence-electron chi connectivity index (χ4n) is 1.37. The summed E-state index contributed by atoms with van der Waals surface area (Å²) in [5.41, 5.74) is 5.57. The number of hydrogen-bond donors (Lipinski definition) is 2. The van der Waals surface area contributed by atoms with Crippen LogP contribution in [0.25, 0.3) is 0 Å². The van der Waals surface area contributed by atoms with Crippen molar-refractivity contribution in [3.63, 3.8) is 0 Å².